The lowest BCUT2D eigenvalue weighted by molar-refractivity contribution is -0.132. The van der Waals surface area contributed by atoms with E-state index < -0.39 is 11.6 Å². The maximum atomic E-state index is 10.9. The van der Waals surface area contributed by atoms with Crippen LogP contribution in [0.25, 0.3) is 0 Å². The second-order valence-corrected chi connectivity index (χ2v) is 3.01. The Kier molecular flexibility index (Phi) is 3.80. The van der Waals surface area contributed by atoms with Crippen LogP contribution in [0.1, 0.15) is 12.5 Å². The van der Waals surface area contributed by atoms with E-state index in [1.807, 2.05) is 30.3 Å². The maximum Gasteiger partial charge on any atom is 0.220 e. The summed E-state index contributed by atoms with van der Waals surface area (Å²) in [4.78, 5) is 21.5. The van der Waals surface area contributed by atoms with E-state index in [0.29, 0.717) is 6.42 Å². The number of hydrogen-bond donors (Lipinski definition) is 0. The lowest BCUT2D eigenvalue weighted by Crippen LogP contribution is -2.04. The van der Waals surface area contributed by atoms with Crippen LogP contribution in [-0.4, -0.2) is 11.6 Å². The smallest absolute Gasteiger partial charge is 0.220 e. The molecule has 0 atom stereocenters. The Labute approximate surface area is 83.3 Å². The summed E-state index contributed by atoms with van der Waals surface area (Å²) in [6.07, 6.45) is 3.72. The molecule has 0 aliphatic rings. The Morgan fingerprint density at radius 2 is 1.86 bits per heavy atom. The van der Waals surface area contributed by atoms with Gasteiger partial charge >= 0.3 is 0 Å². The normalized spacial score (nSPS) is 10.4. The molecule has 0 amide bonds. The molecular formula is C12H12O2. The van der Waals surface area contributed by atoms with E-state index >= 15 is 0 Å². The zero-order valence-corrected chi connectivity index (χ0v) is 8.07. The Bertz CT molecular complexity index is 350. The minimum absolute atomic E-state index is 0.422. The van der Waals surface area contributed by atoms with Gasteiger partial charge in [0.1, 0.15) is 0 Å². The van der Waals surface area contributed by atoms with Gasteiger partial charge in [0.2, 0.25) is 5.78 Å². The number of rotatable bonds is 4. The van der Waals surface area contributed by atoms with Gasteiger partial charge in [-0.05, 0) is 18.1 Å². The monoisotopic (exact) mass is 188 g/mol. The van der Waals surface area contributed by atoms with Crippen molar-refractivity contribution >= 4 is 11.6 Å². The summed E-state index contributed by atoms with van der Waals surface area (Å²) in [7, 11) is 0. The molecule has 0 heterocycles. The molecule has 0 radical (unpaired) electrons. The molecule has 2 heteroatoms. The van der Waals surface area contributed by atoms with Gasteiger partial charge in [-0.3, -0.25) is 9.59 Å². The average molecular weight is 188 g/mol. The van der Waals surface area contributed by atoms with Crippen molar-refractivity contribution in [3.05, 3.63) is 48.0 Å². The Morgan fingerprint density at radius 3 is 2.43 bits per heavy atom. The lowest BCUT2D eigenvalue weighted by atomic mass is 10.1. The molecule has 0 aromatic heterocycles. The topological polar surface area (TPSA) is 34.1 Å². The highest BCUT2D eigenvalue weighted by atomic mass is 16.2. The molecule has 0 unspecified atom stereocenters. The molecule has 0 bridgehead atoms. The summed E-state index contributed by atoms with van der Waals surface area (Å²) >= 11 is 0. The quantitative estimate of drug-likeness (QED) is 0.534. The Morgan fingerprint density at radius 1 is 1.21 bits per heavy atom. The van der Waals surface area contributed by atoms with Gasteiger partial charge < -0.3 is 0 Å². The molecular weight excluding hydrogens is 176 g/mol. The molecule has 1 rings (SSSR count). The zero-order chi connectivity index (χ0) is 10.4. The van der Waals surface area contributed by atoms with Crippen molar-refractivity contribution in [2.75, 3.05) is 0 Å². The molecule has 0 N–H and O–H groups in total. The van der Waals surface area contributed by atoms with Gasteiger partial charge in [-0.25, -0.2) is 0 Å². The first-order valence-corrected chi connectivity index (χ1v) is 4.45. The molecule has 1 aromatic carbocycles. The first kappa shape index (κ1) is 10.4. The lowest BCUT2D eigenvalue weighted by Gasteiger charge is -1.93. The second-order valence-electron chi connectivity index (χ2n) is 3.01. The first-order valence-electron chi connectivity index (χ1n) is 4.45. The van der Waals surface area contributed by atoms with Crippen LogP contribution in [0.4, 0.5) is 0 Å². The number of Topliss-reactive ketones (excluding diaryl/α,β-unsaturated/α-hetero) is 1. The van der Waals surface area contributed by atoms with Crippen molar-refractivity contribution in [1.82, 2.24) is 0 Å². The highest BCUT2D eigenvalue weighted by Gasteiger charge is 2.00. The van der Waals surface area contributed by atoms with E-state index in [2.05, 4.69) is 0 Å². The van der Waals surface area contributed by atoms with E-state index in [1.165, 1.54) is 13.0 Å². The third kappa shape index (κ3) is 3.35. The second kappa shape index (κ2) is 5.12. The number of carbonyl (C=O) groups is 2. The summed E-state index contributed by atoms with van der Waals surface area (Å²) in [5.41, 5.74) is 1.13. The van der Waals surface area contributed by atoms with Gasteiger partial charge in [0.25, 0.3) is 0 Å². The van der Waals surface area contributed by atoms with Gasteiger partial charge in [-0.15, -0.1) is 0 Å². The van der Waals surface area contributed by atoms with E-state index in [9.17, 15) is 9.59 Å². The predicted octanol–water partition coefficient (Wildman–Crippen LogP) is 1.94. The highest BCUT2D eigenvalue weighted by molar-refractivity contribution is 6.40. The van der Waals surface area contributed by atoms with Gasteiger partial charge in [-0.2, -0.15) is 0 Å². The van der Waals surface area contributed by atoms with Crippen LogP contribution in [0, 0.1) is 0 Å². The van der Waals surface area contributed by atoms with Crippen LogP contribution in [-0.2, 0) is 16.0 Å². The molecule has 0 saturated heterocycles. The van der Waals surface area contributed by atoms with E-state index in [-0.39, 0.29) is 0 Å². The third-order valence-corrected chi connectivity index (χ3v) is 1.81. The van der Waals surface area contributed by atoms with Crippen LogP contribution in [0.3, 0.4) is 0 Å². The molecule has 0 spiro atoms. The maximum absolute atomic E-state index is 10.9. The molecule has 0 aliphatic carbocycles. The minimum atomic E-state index is -0.444. The van der Waals surface area contributed by atoms with Crippen molar-refractivity contribution in [2.24, 2.45) is 0 Å². The SMILES string of the molecule is CC(=O)C(=O)C=CCc1ccccc1. The van der Waals surface area contributed by atoms with E-state index in [1.54, 1.807) is 6.08 Å². The summed E-state index contributed by atoms with van der Waals surface area (Å²) in [5.74, 6) is -0.866. The van der Waals surface area contributed by atoms with Crippen molar-refractivity contribution in [3.8, 4) is 0 Å². The first-order chi connectivity index (χ1) is 6.70. The Balaban J connectivity index is 2.49. The molecule has 72 valence electrons. The van der Waals surface area contributed by atoms with Crippen molar-refractivity contribution in [3.63, 3.8) is 0 Å². The third-order valence-electron chi connectivity index (χ3n) is 1.81. The Hall–Kier alpha value is -1.70. The largest absolute Gasteiger partial charge is 0.291 e. The van der Waals surface area contributed by atoms with Crippen molar-refractivity contribution in [2.45, 2.75) is 13.3 Å². The number of ketones is 2. The van der Waals surface area contributed by atoms with Crippen LogP contribution < -0.4 is 0 Å². The predicted molar refractivity (Wildman–Crippen MR) is 55.0 cm³/mol. The summed E-state index contributed by atoms with van der Waals surface area (Å²) in [6, 6.07) is 9.77. The van der Waals surface area contributed by atoms with Gasteiger partial charge in [-0.1, -0.05) is 36.4 Å². The van der Waals surface area contributed by atoms with Gasteiger partial charge in [0.05, 0.1) is 0 Å². The number of carbonyl (C=O) groups excluding carboxylic acids is 2. The van der Waals surface area contributed by atoms with Crippen LogP contribution in [0.5, 0.6) is 0 Å². The van der Waals surface area contributed by atoms with Crippen LogP contribution in [0.2, 0.25) is 0 Å². The molecule has 0 saturated carbocycles. The van der Waals surface area contributed by atoms with Crippen LogP contribution >= 0.6 is 0 Å². The number of allylic oxidation sites excluding steroid dienone is 2. The summed E-state index contributed by atoms with van der Waals surface area (Å²) in [5, 5.41) is 0. The molecule has 0 aliphatic heterocycles. The summed E-state index contributed by atoms with van der Waals surface area (Å²) < 4.78 is 0. The average Bonchev–Trinajstić information content (AvgIpc) is 2.19. The van der Waals surface area contributed by atoms with Crippen molar-refractivity contribution in [1.29, 1.82) is 0 Å². The summed E-state index contributed by atoms with van der Waals surface area (Å²) in [6.45, 7) is 1.27. The fourth-order valence-electron chi connectivity index (χ4n) is 1.03. The number of hydrogen-bond acceptors (Lipinski definition) is 2. The van der Waals surface area contributed by atoms with Crippen molar-refractivity contribution < 1.29 is 9.59 Å². The fourth-order valence-corrected chi connectivity index (χ4v) is 1.03. The van der Waals surface area contributed by atoms with E-state index in [0.717, 1.165) is 5.56 Å². The van der Waals surface area contributed by atoms with Gasteiger partial charge in [0.15, 0.2) is 5.78 Å². The molecule has 2 nitrogen and oxygen atoms in total. The zero-order valence-electron chi connectivity index (χ0n) is 8.07. The standard InChI is InChI=1S/C12H12O2/c1-10(13)12(14)9-5-8-11-6-3-2-4-7-11/h2-7,9H,8H2,1H3. The molecule has 0 fully saturated rings. The molecule has 1 aromatic rings. The number of benzene rings is 1. The fraction of sp³-hybridized carbons (Fsp3) is 0.167. The van der Waals surface area contributed by atoms with Crippen LogP contribution in [0.15, 0.2) is 42.5 Å². The molecule has 14 heavy (non-hydrogen) atoms. The van der Waals surface area contributed by atoms with E-state index in [4.69, 9.17) is 0 Å². The highest BCUT2D eigenvalue weighted by Crippen LogP contribution is 1.99. The minimum Gasteiger partial charge on any atom is -0.291 e. The van der Waals surface area contributed by atoms with Gasteiger partial charge in [0, 0.05) is 6.92 Å².